The van der Waals surface area contributed by atoms with Crippen molar-refractivity contribution in [1.82, 2.24) is 10.3 Å². The van der Waals surface area contributed by atoms with E-state index in [2.05, 4.69) is 15.2 Å². The van der Waals surface area contributed by atoms with E-state index in [-0.39, 0.29) is 24.2 Å². The maximum Gasteiger partial charge on any atom is 0.246 e. The van der Waals surface area contributed by atoms with Crippen molar-refractivity contribution in [3.8, 4) is 0 Å². The van der Waals surface area contributed by atoms with E-state index in [0.717, 1.165) is 31.7 Å². The van der Waals surface area contributed by atoms with Gasteiger partial charge in [0.1, 0.15) is 12.4 Å². The van der Waals surface area contributed by atoms with E-state index < -0.39 is 0 Å². The van der Waals surface area contributed by atoms with E-state index in [4.69, 9.17) is 21.1 Å². The van der Waals surface area contributed by atoms with E-state index in [1.807, 2.05) is 19.1 Å². The minimum atomic E-state index is -0.0820. The van der Waals surface area contributed by atoms with Crippen LogP contribution in [-0.4, -0.2) is 55.4 Å². The number of nitrogens with one attached hydrogen (secondary N) is 1. The zero-order chi connectivity index (χ0) is 17.4. The van der Waals surface area contributed by atoms with Crippen LogP contribution in [0.25, 0.3) is 0 Å². The van der Waals surface area contributed by atoms with Gasteiger partial charge in [-0.25, -0.2) is 4.98 Å². The van der Waals surface area contributed by atoms with E-state index in [1.54, 1.807) is 6.20 Å². The lowest BCUT2D eigenvalue weighted by Crippen LogP contribution is -2.42. The molecule has 0 saturated carbocycles. The Morgan fingerprint density at radius 2 is 2.44 bits per heavy atom. The standard InChI is InChI=1S/C18H24ClN3O3/c1-2-24-10-17(23)21-8-13-14-9-22(16-4-3-12(19)7-20-16)11-18(14)6-5-15(13)25-18/h3-4,7,13-15H,2,5-6,8-11H2,1H3,(H,21,23)/t13-,14+,15+,18+/m0/s1. The zero-order valence-electron chi connectivity index (χ0n) is 14.4. The number of ether oxygens (including phenoxy) is 2. The molecule has 0 unspecified atom stereocenters. The number of carbonyl (C=O) groups is 1. The molecule has 136 valence electrons. The summed E-state index contributed by atoms with van der Waals surface area (Å²) in [6.07, 6.45) is 4.12. The van der Waals surface area contributed by atoms with Crippen LogP contribution in [-0.2, 0) is 14.3 Å². The second kappa shape index (κ2) is 6.74. The van der Waals surface area contributed by atoms with Gasteiger partial charge in [-0.15, -0.1) is 0 Å². The third kappa shape index (κ3) is 3.11. The van der Waals surface area contributed by atoms with Crippen LogP contribution in [0.5, 0.6) is 0 Å². The lowest BCUT2D eigenvalue weighted by Gasteiger charge is -2.29. The van der Waals surface area contributed by atoms with Crippen LogP contribution in [0.1, 0.15) is 19.8 Å². The summed E-state index contributed by atoms with van der Waals surface area (Å²) < 4.78 is 11.6. The minimum Gasteiger partial charge on any atom is -0.372 e. The van der Waals surface area contributed by atoms with Gasteiger partial charge in [0.2, 0.25) is 5.91 Å². The number of halogens is 1. The second-order valence-corrected chi connectivity index (χ2v) is 7.62. The Balaban J connectivity index is 1.42. The molecule has 1 spiro atoms. The molecule has 25 heavy (non-hydrogen) atoms. The fraction of sp³-hybridized carbons (Fsp3) is 0.667. The summed E-state index contributed by atoms with van der Waals surface area (Å²) in [5.74, 6) is 1.68. The molecule has 4 atom stereocenters. The minimum absolute atomic E-state index is 0.0482. The third-order valence-corrected chi connectivity index (χ3v) is 6.02. The molecule has 2 bridgehead atoms. The number of amides is 1. The quantitative estimate of drug-likeness (QED) is 0.833. The maximum absolute atomic E-state index is 11.9. The highest BCUT2D eigenvalue weighted by atomic mass is 35.5. The smallest absolute Gasteiger partial charge is 0.246 e. The van der Waals surface area contributed by atoms with Gasteiger partial charge in [0.15, 0.2) is 0 Å². The summed E-state index contributed by atoms with van der Waals surface area (Å²) in [4.78, 5) is 18.6. The predicted molar refractivity (Wildman–Crippen MR) is 94.8 cm³/mol. The molecule has 1 aromatic heterocycles. The van der Waals surface area contributed by atoms with Crippen LogP contribution in [0.3, 0.4) is 0 Å². The van der Waals surface area contributed by atoms with Crippen LogP contribution in [0.15, 0.2) is 18.3 Å². The van der Waals surface area contributed by atoms with Crippen LogP contribution in [0.2, 0.25) is 5.02 Å². The topological polar surface area (TPSA) is 63.7 Å². The molecule has 0 aromatic carbocycles. The number of fused-ring (bicyclic) bond motifs is 1. The molecule has 7 heteroatoms. The molecule has 1 amide bonds. The lowest BCUT2D eigenvalue weighted by molar-refractivity contribution is -0.125. The van der Waals surface area contributed by atoms with E-state index >= 15 is 0 Å². The Morgan fingerprint density at radius 3 is 3.20 bits per heavy atom. The van der Waals surface area contributed by atoms with E-state index in [1.165, 1.54) is 0 Å². The fourth-order valence-electron chi connectivity index (χ4n) is 4.67. The summed E-state index contributed by atoms with van der Waals surface area (Å²) in [6.45, 7) is 5.01. The van der Waals surface area contributed by atoms with Gasteiger partial charge in [0.25, 0.3) is 0 Å². The Hall–Kier alpha value is -1.37. The van der Waals surface area contributed by atoms with Crippen molar-refractivity contribution in [2.75, 3.05) is 37.7 Å². The molecule has 4 heterocycles. The third-order valence-electron chi connectivity index (χ3n) is 5.79. The number of nitrogens with zero attached hydrogens (tertiary/aromatic N) is 2. The number of pyridine rings is 1. The molecular weight excluding hydrogens is 342 g/mol. The van der Waals surface area contributed by atoms with Crippen molar-refractivity contribution < 1.29 is 14.3 Å². The number of aromatic nitrogens is 1. The summed E-state index contributed by atoms with van der Waals surface area (Å²) in [5, 5.41) is 3.67. The van der Waals surface area contributed by atoms with E-state index in [9.17, 15) is 4.79 Å². The molecule has 3 saturated heterocycles. The first-order valence-corrected chi connectivity index (χ1v) is 9.38. The first-order valence-electron chi connectivity index (χ1n) is 9.00. The molecule has 1 N–H and O–H groups in total. The van der Waals surface area contributed by atoms with Crippen LogP contribution in [0, 0.1) is 11.8 Å². The average Bonchev–Trinajstić information content (AvgIpc) is 3.27. The number of carbonyl (C=O) groups excluding carboxylic acids is 1. The van der Waals surface area contributed by atoms with Crippen molar-refractivity contribution >= 4 is 23.3 Å². The van der Waals surface area contributed by atoms with Gasteiger partial charge < -0.3 is 19.7 Å². The normalized spacial score (nSPS) is 32.9. The summed E-state index contributed by atoms with van der Waals surface area (Å²) in [7, 11) is 0. The number of hydrogen-bond acceptors (Lipinski definition) is 5. The van der Waals surface area contributed by atoms with Gasteiger partial charge >= 0.3 is 0 Å². The highest BCUT2D eigenvalue weighted by molar-refractivity contribution is 6.30. The van der Waals surface area contributed by atoms with E-state index in [0.29, 0.717) is 30.0 Å². The fourth-order valence-corrected chi connectivity index (χ4v) is 4.78. The van der Waals surface area contributed by atoms with Crippen molar-refractivity contribution in [2.45, 2.75) is 31.5 Å². The highest BCUT2D eigenvalue weighted by Gasteiger charge is 2.63. The van der Waals surface area contributed by atoms with Crippen LogP contribution < -0.4 is 10.2 Å². The Kier molecular flexibility index (Phi) is 4.60. The number of rotatable bonds is 6. The summed E-state index contributed by atoms with van der Waals surface area (Å²) in [5.41, 5.74) is -0.0820. The van der Waals surface area contributed by atoms with Crippen LogP contribution in [0.4, 0.5) is 5.82 Å². The maximum atomic E-state index is 11.9. The van der Waals surface area contributed by atoms with Gasteiger partial charge in [-0.05, 0) is 31.9 Å². The van der Waals surface area contributed by atoms with Crippen LogP contribution >= 0.6 is 11.6 Å². The van der Waals surface area contributed by atoms with Crippen molar-refractivity contribution in [1.29, 1.82) is 0 Å². The molecule has 3 aliphatic rings. The molecule has 0 radical (unpaired) electrons. The molecule has 3 fully saturated rings. The lowest BCUT2D eigenvalue weighted by atomic mass is 9.73. The van der Waals surface area contributed by atoms with Gasteiger partial charge in [-0.2, -0.15) is 0 Å². The van der Waals surface area contributed by atoms with Crippen molar-refractivity contribution in [3.63, 3.8) is 0 Å². The average molecular weight is 366 g/mol. The second-order valence-electron chi connectivity index (χ2n) is 7.19. The predicted octanol–water partition coefficient (Wildman–Crippen LogP) is 1.87. The molecule has 1 aromatic rings. The van der Waals surface area contributed by atoms with Gasteiger partial charge in [0, 0.05) is 44.3 Å². The highest BCUT2D eigenvalue weighted by Crippen LogP contribution is 2.55. The largest absolute Gasteiger partial charge is 0.372 e. The SMILES string of the molecule is CCOCC(=O)NC[C@H]1[C@H]2CN(c3ccc(Cl)cn3)C[C@]23CC[C@H]1O3. The number of anilines is 1. The Bertz CT molecular complexity index is 641. The van der Waals surface area contributed by atoms with Crippen molar-refractivity contribution in [3.05, 3.63) is 23.4 Å². The van der Waals surface area contributed by atoms with Gasteiger partial charge in [-0.3, -0.25) is 4.79 Å². The summed E-state index contributed by atoms with van der Waals surface area (Å²) >= 11 is 5.95. The molecule has 4 rings (SSSR count). The summed E-state index contributed by atoms with van der Waals surface area (Å²) in [6, 6.07) is 3.84. The van der Waals surface area contributed by atoms with Gasteiger partial charge in [-0.1, -0.05) is 11.6 Å². The molecule has 6 nitrogen and oxygen atoms in total. The zero-order valence-corrected chi connectivity index (χ0v) is 15.2. The molecular formula is C18H24ClN3O3. The van der Waals surface area contributed by atoms with Gasteiger partial charge in [0.05, 0.1) is 16.7 Å². The molecule has 0 aliphatic carbocycles. The monoisotopic (exact) mass is 365 g/mol. The van der Waals surface area contributed by atoms with Crippen molar-refractivity contribution in [2.24, 2.45) is 11.8 Å². The first kappa shape index (κ1) is 17.1. The first-order chi connectivity index (χ1) is 12.1. The molecule has 3 aliphatic heterocycles. The Labute approximate surface area is 152 Å². The Morgan fingerprint density at radius 1 is 1.56 bits per heavy atom. The number of hydrogen-bond donors (Lipinski definition) is 1.